The fourth-order valence-electron chi connectivity index (χ4n) is 2.70. The summed E-state index contributed by atoms with van der Waals surface area (Å²) in [5.74, 6) is -0.634. The van der Waals surface area contributed by atoms with Crippen molar-refractivity contribution in [3.05, 3.63) is 58.0 Å². The summed E-state index contributed by atoms with van der Waals surface area (Å²) in [4.78, 5) is 25.3. The third-order valence-corrected chi connectivity index (χ3v) is 4.98. The van der Waals surface area contributed by atoms with E-state index >= 15 is 0 Å². The molecule has 0 unspecified atom stereocenters. The van der Waals surface area contributed by atoms with Gasteiger partial charge in [-0.05, 0) is 36.5 Å². The Kier molecular flexibility index (Phi) is 4.57. The molecule has 1 aromatic heterocycles. The van der Waals surface area contributed by atoms with Crippen LogP contribution in [0.15, 0.2) is 36.4 Å². The predicted octanol–water partition coefficient (Wildman–Crippen LogP) is 3.68. The molecule has 0 fully saturated rings. The van der Waals surface area contributed by atoms with Crippen molar-refractivity contribution in [3.8, 4) is 0 Å². The minimum Gasteiger partial charge on any atom is -0.465 e. The van der Waals surface area contributed by atoms with Gasteiger partial charge in [-0.25, -0.2) is 4.79 Å². The molecule has 1 N–H and O–H groups in total. The van der Waals surface area contributed by atoms with Crippen LogP contribution in [0, 0.1) is 0 Å². The summed E-state index contributed by atoms with van der Waals surface area (Å²) in [6, 6.07) is 9.59. The summed E-state index contributed by atoms with van der Waals surface area (Å²) in [7, 11) is 1.36. The number of benzene rings is 1. The summed E-state index contributed by atoms with van der Waals surface area (Å²) < 4.78 is 4.87. The Bertz CT molecular complexity index is 762. The molecule has 0 spiro atoms. The minimum atomic E-state index is -0.383. The normalized spacial score (nSPS) is 13.1. The molecule has 1 aromatic carbocycles. The van der Waals surface area contributed by atoms with Crippen LogP contribution in [0.3, 0.4) is 0 Å². The maximum absolute atomic E-state index is 12.1. The van der Waals surface area contributed by atoms with E-state index in [4.69, 9.17) is 4.74 Å². The average Bonchev–Trinajstić information content (AvgIpc) is 3.14. The highest BCUT2D eigenvalue weighted by Gasteiger charge is 2.27. The van der Waals surface area contributed by atoms with Gasteiger partial charge < -0.3 is 10.1 Å². The van der Waals surface area contributed by atoms with Crippen molar-refractivity contribution in [1.82, 2.24) is 0 Å². The second kappa shape index (κ2) is 6.79. The zero-order chi connectivity index (χ0) is 16.2. The molecule has 0 saturated heterocycles. The molecule has 0 atom stereocenters. The second-order valence-electron chi connectivity index (χ2n) is 5.29. The number of aryl methyl sites for hydroxylation is 1. The lowest BCUT2D eigenvalue weighted by Crippen LogP contribution is -2.12. The zero-order valence-electron chi connectivity index (χ0n) is 12.8. The van der Waals surface area contributed by atoms with Gasteiger partial charge in [-0.3, -0.25) is 4.79 Å². The van der Waals surface area contributed by atoms with E-state index in [-0.39, 0.29) is 11.9 Å². The molecule has 1 heterocycles. The van der Waals surface area contributed by atoms with Crippen LogP contribution in [0.1, 0.15) is 32.8 Å². The topological polar surface area (TPSA) is 55.4 Å². The third-order valence-electron chi connectivity index (χ3n) is 3.77. The van der Waals surface area contributed by atoms with Gasteiger partial charge in [0, 0.05) is 11.0 Å². The zero-order valence-corrected chi connectivity index (χ0v) is 13.6. The number of thiophene rings is 1. The number of carbonyl (C=O) groups is 2. The molecular weight excluding hydrogens is 310 g/mol. The van der Waals surface area contributed by atoms with Gasteiger partial charge >= 0.3 is 5.97 Å². The number of amides is 1. The van der Waals surface area contributed by atoms with Gasteiger partial charge in [0.1, 0.15) is 5.00 Å². The summed E-state index contributed by atoms with van der Waals surface area (Å²) in [5.41, 5.74) is 2.50. The monoisotopic (exact) mass is 327 g/mol. The predicted molar refractivity (Wildman–Crippen MR) is 91.8 cm³/mol. The quantitative estimate of drug-likeness (QED) is 0.688. The Hall–Kier alpha value is -2.40. The summed E-state index contributed by atoms with van der Waals surface area (Å²) >= 11 is 1.48. The van der Waals surface area contributed by atoms with E-state index in [9.17, 15) is 9.59 Å². The van der Waals surface area contributed by atoms with Crippen LogP contribution < -0.4 is 5.32 Å². The first kappa shape index (κ1) is 15.5. The number of hydrogen-bond acceptors (Lipinski definition) is 4. The Morgan fingerprint density at radius 3 is 2.74 bits per heavy atom. The molecule has 0 radical (unpaired) electrons. The lowest BCUT2D eigenvalue weighted by molar-refractivity contribution is -0.111. The fraction of sp³-hybridized carbons (Fsp3) is 0.222. The van der Waals surface area contributed by atoms with Crippen molar-refractivity contribution >= 4 is 34.3 Å². The molecule has 0 aliphatic heterocycles. The number of anilines is 1. The van der Waals surface area contributed by atoms with Gasteiger partial charge in [-0.15, -0.1) is 11.3 Å². The van der Waals surface area contributed by atoms with Gasteiger partial charge in [0.25, 0.3) is 0 Å². The van der Waals surface area contributed by atoms with E-state index < -0.39 is 0 Å². The van der Waals surface area contributed by atoms with Crippen molar-refractivity contribution in [2.75, 3.05) is 12.4 Å². The minimum absolute atomic E-state index is 0.251. The first-order chi connectivity index (χ1) is 11.2. The Morgan fingerprint density at radius 2 is 2.00 bits per heavy atom. The Balaban J connectivity index is 1.79. The van der Waals surface area contributed by atoms with Crippen LogP contribution in [0.2, 0.25) is 0 Å². The molecular formula is C18H17NO3S. The van der Waals surface area contributed by atoms with E-state index in [1.807, 2.05) is 30.3 Å². The molecule has 1 amide bonds. The number of rotatable bonds is 4. The van der Waals surface area contributed by atoms with Gasteiger partial charge in [0.2, 0.25) is 5.91 Å². The maximum Gasteiger partial charge on any atom is 0.341 e. The van der Waals surface area contributed by atoms with Crippen molar-refractivity contribution < 1.29 is 14.3 Å². The highest BCUT2D eigenvalue weighted by atomic mass is 32.1. The molecule has 0 bridgehead atoms. The molecule has 3 rings (SSSR count). The van der Waals surface area contributed by atoms with E-state index in [2.05, 4.69) is 5.32 Å². The van der Waals surface area contributed by atoms with Crippen LogP contribution in [0.4, 0.5) is 5.00 Å². The molecule has 4 nitrogen and oxygen atoms in total. The van der Waals surface area contributed by atoms with Crippen molar-refractivity contribution in [2.24, 2.45) is 0 Å². The van der Waals surface area contributed by atoms with E-state index in [0.717, 1.165) is 30.4 Å². The summed E-state index contributed by atoms with van der Waals surface area (Å²) in [6.45, 7) is 0. The standard InChI is InChI=1S/C18H17NO3S/c1-22-18(21)16-13-8-5-9-14(13)23-17(16)19-15(20)11-10-12-6-3-2-4-7-12/h2-4,6-7,10-11H,5,8-9H2,1H3,(H,19,20). The van der Waals surface area contributed by atoms with Crippen molar-refractivity contribution in [3.63, 3.8) is 0 Å². The summed E-state index contributed by atoms with van der Waals surface area (Å²) in [6.07, 6.45) is 6.09. The van der Waals surface area contributed by atoms with Crippen LogP contribution in [-0.4, -0.2) is 19.0 Å². The van der Waals surface area contributed by atoms with Crippen LogP contribution in [-0.2, 0) is 22.4 Å². The lowest BCUT2D eigenvalue weighted by atomic mass is 10.1. The number of methoxy groups -OCH3 is 1. The molecule has 118 valence electrons. The van der Waals surface area contributed by atoms with Crippen LogP contribution >= 0.6 is 11.3 Å². The van der Waals surface area contributed by atoms with Gasteiger partial charge in [0.05, 0.1) is 12.7 Å². The highest BCUT2D eigenvalue weighted by molar-refractivity contribution is 7.17. The highest BCUT2D eigenvalue weighted by Crippen LogP contribution is 2.39. The number of ether oxygens (including phenoxy) is 1. The van der Waals surface area contributed by atoms with Crippen LogP contribution in [0.5, 0.6) is 0 Å². The smallest absolute Gasteiger partial charge is 0.341 e. The first-order valence-corrected chi connectivity index (χ1v) is 8.27. The SMILES string of the molecule is COC(=O)c1c(NC(=O)C=Cc2ccccc2)sc2c1CCC2. The third kappa shape index (κ3) is 3.35. The summed E-state index contributed by atoms with van der Waals surface area (Å²) in [5, 5.41) is 3.40. The van der Waals surface area contributed by atoms with Crippen LogP contribution in [0.25, 0.3) is 6.08 Å². The van der Waals surface area contributed by atoms with E-state index in [0.29, 0.717) is 10.6 Å². The second-order valence-corrected chi connectivity index (χ2v) is 6.39. The largest absolute Gasteiger partial charge is 0.465 e. The van der Waals surface area contributed by atoms with E-state index in [1.165, 1.54) is 29.4 Å². The van der Waals surface area contributed by atoms with Gasteiger partial charge in [-0.2, -0.15) is 0 Å². The maximum atomic E-state index is 12.1. The number of hydrogen-bond donors (Lipinski definition) is 1. The molecule has 0 saturated carbocycles. The number of esters is 1. The fourth-order valence-corrected chi connectivity index (χ4v) is 3.98. The van der Waals surface area contributed by atoms with Gasteiger partial charge in [-0.1, -0.05) is 30.3 Å². The molecule has 1 aliphatic carbocycles. The van der Waals surface area contributed by atoms with Crippen molar-refractivity contribution in [2.45, 2.75) is 19.3 Å². The average molecular weight is 327 g/mol. The Morgan fingerprint density at radius 1 is 1.22 bits per heavy atom. The number of carbonyl (C=O) groups excluding carboxylic acids is 2. The van der Waals surface area contributed by atoms with Crippen molar-refractivity contribution in [1.29, 1.82) is 0 Å². The molecule has 1 aliphatic rings. The molecule has 5 heteroatoms. The van der Waals surface area contributed by atoms with Gasteiger partial charge in [0.15, 0.2) is 0 Å². The lowest BCUT2D eigenvalue weighted by Gasteiger charge is -2.05. The Labute approximate surface area is 138 Å². The van der Waals surface area contributed by atoms with E-state index in [1.54, 1.807) is 6.08 Å². The number of fused-ring (bicyclic) bond motifs is 1. The molecule has 2 aromatic rings. The molecule has 23 heavy (non-hydrogen) atoms. The number of nitrogens with one attached hydrogen (secondary N) is 1. The first-order valence-electron chi connectivity index (χ1n) is 7.46.